The number of rotatable bonds is 1. The highest BCUT2D eigenvalue weighted by molar-refractivity contribution is 6.55. The molecule has 0 aliphatic heterocycles. The van der Waals surface area contributed by atoms with Gasteiger partial charge < -0.3 is 5.11 Å². The molecule has 1 rings (SSSR count). The smallest absolute Gasteiger partial charge is 0.158 e. The van der Waals surface area contributed by atoms with E-state index >= 15 is 0 Å². The summed E-state index contributed by atoms with van der Waals surface area (Å²) in [7, 11) is 0. The van der Waals surface area contributed by atoms with Crippen LogP contribution in [0, 0.1) is 11.8 Å². The van der Waals surface area contributed by atoms with E-state index in [2.05, 4.69) is 11.8 Å². The molecule has 0 heterocycles. The minimum absolute atomic E-state index is 0.539. The Kier molecular flexibility index (Phi) is 2.45. The van der Waals surface area contributed by atoms with Gasteiger partial charge in [-0.25, -0.2) is 0 Å². The maximum absolute atomic E-state index is 9.22. The van der Waals surface area contributed by atoms with Crippen molar-refractivity contribution in [2.45, 2.75) is 30.2 Å². The molecule has 0 aromatic carbocycles. The molecule has 0 spiro atoms. The lowest BCUT2D eigenvalue weighted by Gasteiger charge is -2.05. The molecule has 0 bridgehead atoms. The summed E-state index contributed by atoms with van der Waals surface area (Å²) >= 11 is 11.4. The van der Waals surface area contributed by atoms with Gasteiger partial charge in [0.05, 0.1) is 0 Å². The van der Waals surface area contributed by atoms with Crippen LogP contribution in [0.1, 0.15) is 20.3 Å². The highest BCUT2D eigenvalue weighted by atomic mass is 35.5. The molecule has 0 aromatic heterocycles. The van der Waals surface area contributed by atoms with Gasteiger partial charge in [-0.05, 0) is 25.5 Å². The Bertz CT molecular complexity index is 273. The molecule has 0 amide bonds. The normalized spacial score (nSPS) is 19.2. The molecule has 0 fully saturated rings. The summed E-state index contributed by atoms with van der Waals surface area (Å²) in [6.45, 7) is 3.27. The van der Waals surface area contributed by atoms with E-state index in [9.17, 15) is 5.11 Å². The fourth-order valence-corrected chi connectivity index (χ4v) is 1.10. The van der Waals surface area contributed by atoms with Gasteiger partial charge in [-0.15, -0.1) is 0 Å². The number of allylic oxidation sites excluding steroid dienone is 2. The number of halogens is 2. The summed E-state index contributed by atoms with van der Waals surface area (Å²) in [4.78, 5) is 0. The molecule has 1 nitrogen and oxygen atoms in total. The number of aliphatic hydroxyl groups is 1. The summed E-state index contributed by atoms with van der Waals surface area (Å²) in [5.41, 5.74) is -0.0147. The molecule has 1 aliphatic rings. The van der Waals surface area contributed by atoms with Crippen LogP contribution >= 0.6 is 23.2 Å². The van der Waals surface area contributed by atoms with Crippen molar-refractivity contribution in [1.29, 1.82) is 0 Å². The molecule has 0 aromatic rings. The predicted octanol–water partition coefficient (Wildman–Crippen LogP) is 2.26. The highest BCUT2D eigenvalue weighted by Gasteiger charge is 2.38. The molecule has 0 saturated carbocycles. The third-order valence-corrected chi connectivity index (χ3v) is 2.08. The number of hydrogen-bond acceptors (Lipinski definition) is 1. The third-order valence-electron chi connectivity index (χ3n) is 1.37. The van der Waals surface area contributed by atoms with Gasteiger partial charge >= 0.3 is 0 Å². The highest BCUT2D eigenvalue weighted by Crippen LogP contribution is 2.46. The molecular weight excluding hydrogens is 195 g/mol. The molecule has 66 valence electrons. The quantitative estimate of drug-likeness (QED) is 0.395. The number of alkyl halides is 2. The van der Waals surface area contributed by atoms with E-state index in [-0.39, 0.29) is 0 Å². The van der Waals surface area contributed by atoms with E-state index in [1.807, 2.05) is 0 Å². The van der Waals surface area contributed by atoms with E-state index in [1.54, 1.807) is 19.9 Å². The van der Waals surface area contributed by atoms with Crippen molar-refractivity contribution in [3.8, 4) is 11.8 Å². The van der Waals surface area contributed by atoms with Crippen molar-refractivity contribution in [3.63, 3.8) is 0 Å². The van der Waals surface area contributed by atoms with Crippen LogP contribution in [-0.4, -0.2) is 15.0 Å². The van der Waals surface area contributed by atoms with Gasteiger partial charge in [0.25, 0.3) is 0 Å². The van der Waals surface area contributed by atoms with Crippen LogP contribution in [0.25, 0.3) is 0 Å². The van der Waals surface area contributed by atoms with Gasteiger partial charge in [0.1, 0.15) is 5.60 Å². The topological polar surface area (TPSA) is 20.2 Å². The molecular formula is C9H10Cl2O. The van der Waals surface area contributed by atoms with Crippen molar-refractivity contribution in [3.05, 3.63) is 11.6 Å². The van der Waals surface area contributed by atoms with Crippen LogP contribution in [0.5, 0.6) is 0 Å². The van der Waals surface area contributed by atoms with Crippen LogP contribution in [0.15, 0.2) is 11.6 Å². The second kappa shape index (κ2) is 2.96. The Balaban J connectivity index is 2.36. The van der Waals surface area contributed by atoms with Crippen LogP contribution in [0.2, 0.25) is 0 Å². The molecule has 1 aliphatic carbocycles. The van der Waals surface area contributed by atoms with Crippen molar-refractivity contribution < 1.29 is 5.11 Å². The van der Waals surface area contributed by atoms with Gasteiger partial charge in [0, 0.05) is 6.42 Å². The van der Waals surface area contributed by atoms with E-state index in [1.165, 1.54) is 0 Å². The van der Waals surface area contributed by atoms with Crippen LogP contribution < -0.4 is 0 Å². The Morgan fingerprint density at radius 3 is 2.42 bits per heavy atom. The largest absolute Gasteiger partial charge is 0.378 e. The SMILES string of the molecule is CC(C)(O)C#CCC1=CC1(Cl)Cl. The fraction of sp³-hybridized carbons (Fsp3) is 0.556. The second-order valence-corrected chi connectivity index (χ2v) is 4.72. The minimum atomic E-state index is -0.934. The Morgan fingerprint density at radius 2 is 2.08 bits per heavy atom. The average Bonchev–Trinajstić information content (AvgIpc) is 2.36. The molecule has 0 atom stereocenters. The minimum Gasteiger partial charge on any atom is -0.378 e. The summed E-state index contributed by atoms with van der Waals surface area (Å²) < 4.78 is -0.756. The second-order valence-electron chi connectivity index (χ2n) is 3.33. The zero-order valence-corrected chi connectivity index (χ0v) is 8.50. The zero-order chi connectivity index (χ0) is 9.41. The van der Waals surface area contributed by atoms with E-state index in [0.29, 0.717) is 6.42 Å². The van der Waals surface area contributed by atoms with Crippen LogP contribution in [0.4, 0.5) is 0 Å². The van der Waals surface area contributed by atoms with Crippen LogP contribution in [-0.2, 0) is 0 Å². The predicted molar refractivity (Wildman–Crippen MR) is 51.2 cm³/mol. The first-order valence-electron chi connectivity index (χ1n) is 3.64. The van der Waals surface area contributed by atoms with Crippen molar-refractivity contribution in [1.82, 2.24) is 0 Å². The van der Waals surface area contributed by atoms with Gasteiger partial charge in [0.2, 0.25) is 0 Å². The van der Waals surface area contributed by atoms with Gasteiger partial charge in [-0.2, -0.15) is 0 Å². The first-order valence-corrected chi connectivity index (χ1v) is 4.39. The standard InChI is InChI=1S/C9H10Cl2O/c1-8(2,12)5-3-4-7-6-9(7,10)11/h6,12H,4H2,1-2H3. The molecule has 3 heteroatoms. The number of hydrogen-bond donors (Lipinski definition) is 1. The Morgan fingerprint density at radius 1 is 1.58 bits per heavy atom. The van der Waals surface area contributed by atoms with Crippen molar-refractivity contribution in [2.24, 2.45) is 0 Å². The average molecular weight is 205 g/mol. The van der Waals surface area contributed by atoms with E-state index in [0.717, 1.165) is 5.57 Å². The third kappa shape index (κ3) is 3.06. The first kappa shape index (κ1) is 9.92. The van der Waals surface area contributed by atoms with Gasteiger partial charge in [-0.3, -0.25) is 0 Å². The molecule has 12 heavy (non-hydrogen) atoms. The van der Waals surface area contributed by atoms with Crippen molar-refractivity contribution in [2.75, 3.05) is 0 Å². The summed E-state index contributed by atoms with van der Waals surface area (Å²) in [5.74, 6) is 5.48. The maximum atomic E-state index is 9.22. The summed E-state index contributed by atoms with van der Waals surface area (Å²) in [5, 5.41) is 9.22. The Labute approximate surface area is 82.4 Å². The molecule has 0 radical (unpaired) electrons. The zero-order valence-electron chi connectivity index (χ0n) is 6.99. The molecule has 0 unspecified atom stereocenters. The lowest BCUT2D eigenvalue weighted by molar-refractivity contribution is 0.143. The summed E-state index contributed by atoms with van der Waals surface area (Å²) in [6, 6.07) is 0. The fourth-order valence-electron chi connectivity index (χ4n) is 0.707. The van der Waals surface area contributed by atoms with E-state index in [4.69, 9.17) is 23.2 Å². The lowest BCUT2D eigenvalue weighted by Crippen LogP contribution is -2.14. The monoisotopic (exact) mass is 204 g/mol. The molecule has 1 N–H and O–H groups in total. The van der Waals surface area contributed by atoms with Crippen molar-refractivity contribution >= 4 is 23.2 Å². The maximum Gasteiger partial charge on any atom is 0.158 e. The summed E-state index contributed by atoms with van der Waals surface area (Å²) in [6.07, 6.45) is 2.28. The van der Waals surface area contributed by atoms with Gasteiger partial charge in [0.15, 0.2) is 4.33 Å². The molecule has 0 saturated heterocycles. The van der Waals surface area contributed by atoms with Gasteiger partial charge in [-0.1, -0.05) is 35.0 Å². The van der Waals surface area contributed by atoms with Crippen LogP contribution in [0.3, 0.4) is 0 Å². The lowest BCUT2D eigenvalue weighted by atomic mass is 10.1. The Hall–Kier alpha value is -0.160. The van der Waals surface area contributed by atoms with E-state index < -0.39 is 9.93 Å². The first-order chi connectivity index (χ1) is 5.31.